The fraction of sp³-hybridized carbons (Fsp3) is 0.364. The average molecular weight is 364 g/mol. The second-order valence-electron chi connectivity index (χ2n) is 7.34. The number of carbonyl (C=O) groups is 1. The summed E-state index contributed by atoms with van der Waals surface area (Å²) in [5.41, 5.74) is 1.71. The number of nitriles is 1. The zero-order valence-electron chi connectivity index (χ0n) is 15.0. The Bertz CT molecular complexity index is 864. The SMILES string of the molecule is N#Cc1cc(F)ccc1C(=O)C1CC2COCC(C1)N2Cc1ccccc1. The molecule has 0 aliphatic carbocycles. The molecular formula is C22H21FN2O2. The van der Waals surface area contributed by atoms with Crippen molar-refractivity contribution in [1.29, 1.82) is 5.26 Å². The van der Waals surface area contributed by atoms with E-state index < -0.39 is 5.82 Å². The normalized spacial score (nSPS) is 25.0. The molecule has 2 saturated heterocycles. The molecule has 5 heteroatoms. The van der Waals surface area contributed by atoms with Gasteiger partial charge in [-0.15, -0.1) is 0 Å². The van der Waals surface area contributed by atoms with Gasteiger partial charge < -0.3 is 4.74 Å². The first-order valence-corrected chi connectivity index (χ1v) is 9.27. The maximum atomic E-state index is 13.4. The summed E-state index contributed by atoms with van der Waals surface area (Å²) in [7, 11) is 0. The van der Waals surface area contributed by atoms with E-state index in [1.165, 1.54) is 17.7 Å². The molecule has 0 aromatic heterocycles. The monoisotopic (exact) mass is 364 g/mol. The molecule has 2 atom stereocenters. The highest BCUT2D eigenvalue weighted by atomic mass is 19.1. The standard InChI is InChI=1S/C22H21FN2O2/c23-18-6-7-21(17(8-18)11-24)22(26)16-9-19-13-27-14-20(10-16)25(19)12-15-4-2-1-3-5-15/h1-8,16,19-20H,9-10,12-14H2. The summed E-state index contributed by atoms with van der Waals surface area (Å²) in [6.45, 7) is 2.07. The molecule has 0 saturated carbocycles. The van der Waals surface area contributed by atoms with Crippen molar-refractivity contribution in [2.24, 2.45) is 5.92 Å². The highest BCUT2D eigenvalue weighted by molar-refractivity contribution is 6.00. The number of nitrogens with zero attached hydrogens (tertiary/aromatic N) is 2. The fourth-order valence-electron chi connectivity index (χ4n) is 4.30. The lowest BCUT2D eigenvalue weighted by Gasteiger charge is -2.48. The molecular weight excluding hydrogens is 343 g/mol. The molecule has 2 aliphatic rings. The molecule has 2 aliphatic heterocycles. The highest BCUT2D eigenvalue weighted by Gasteiger charge is 2.41. The van der Waals surface area contributed by atoms with E-state index in [9.17, 15) is 14.4 Å². The number of morpholine rings is 1. The number of rotatable bonds is 4. The second kappa shape index (κ2) is 7.59. The smallest absolute Gasteiger partial charge is 0.167 e. The van der Waals surface area contributed by atoms with Gasteiger partial charge in [0.1, 0.15) is 5.82 Å². The number of piperidine rings is 1. The van der Waals surface area contributed by atoms with E-state index in [0.29, 0.717) is 31.6 Å². The van der Waals surface area contributed by atoms with Crippen molar-refractivity contribution in [2.75, 3.05) is 13.2 Å². The molecule has 2 aromatic rings. The first kappa shape index (κ1) is 17.8. The van der Waals surface area contributed by atoms with E-state index in [4.69, 9.17) is 4.74 Å². The Labute approximate surface area is 158 Å². The van der Waals surface area contributed by atoms with Crippen molar-refractivity contribution in [3.63, 3.8) is 0 Å². The maximum absolute atomic E-state index is 13.4. The molecule has 0 amide bonds. The predicted molar refractivity (Wildman–Crippen MR) is 98.5 cm³/mol. The minimum Gasteiger partial charge on any atom is -0.378 e. The van der Waals surface area contributed by atoms with Crippen molar-refractivity contribution in [3.05, 3.63) is 71.0 Å². The molecule has 4 rings (SSSR count). The molecule has 0 radical (unpaired) electrons. The van der Waals surface area contributed by atoms with Crippen molar-refractivity contribution >= 4 is 5.78 Å². The number of halogens is 1. The van der Waals surface area contributed by atoms with Gasteiger partial charge in [-0.2, -0.15) is 5.26 Å². The van der Waals surface area contributed by atoms with Gasteiger partial charge in [0.2, 0.25) is 0 Å². The number of hydrogen-bond acceptors (Lipinski definition) is 4. The molecule has 0 spiro atoms. The van der Waals surface area contributed by atoms with E-state index in [0.717, 1.165) is 12.6 Å². The lowest BCUT2D eigenvalue weighted by Crippen LogP contribution is -2.57. The van der Waals surface area contributed by atoms with Crippen LogP contribution in [0.2, 0.25) is 0 Å². The Kier molecular flexibility index (Phi) is 5.02. The van der Waals surface area contributed by atoms with Gasteiger partial charge in [-0.25, -0.2) is 4.39 Å². The van der Waals surface area contributed by atoms with Crippen LogP contribution in [0.1, 0.15) is 34.3 Å². The van der Waals surface area contributed by atoms with Gasteiger partial charge in [0.15, 0.2) is 5.78 Å². The van der Waals surface area contributed by atoms with Gasteiger partial charge >= 0.3 is 0 Å². The summed E-state index contributed by atoms with van der Waals surface area (Å²) < 4.78 is 19.1. The Hall–Kier alpha value is -2.55. The first-order valence-electron chi connectivity index (χ1n) is 9.27. The molecule has 4 nitrogen and oxygen atoms in total. The number of ether oxygens (including phenoxy) is 1. The summed E-state index contributed by atoms with van der Waals surface area (Å²) in [5.74, 6) is -0.706. The third kappa shape index (κ3) is 3.64. The molecule has 2 fully saturated rings. The largest absolute Gasteiger partial charge is 0.378 e. The minimum absolute atomic E-state index is 0.0530. The fourth-order valence-corrected chi connectivity index (χ4v) is 4.30. The van der Waals surface area contributed by atoms with Gasteiger partial charge in [0.25, 0.3) is 0 Å². The van der Waals surface area contributed by atoms with Crippen molar-refractivity contribution in [2.45, 2.75) is 31.5 Å². The van der Waals surface area contributed by atoms with Gasteiger partial charge in [-0.05, 0) is 36.6 Å². The van der Waals surface area contributed by atoms with Crippen molar-refractivity contribution in [3.8, 4) is 6.07 Å². The second-order valence-corrected chi connectivity index (χ2v) is 7.34. The topological polar surface area (TPSA) is 53.3 Å². The predicted octanol–water partition coefficient (Wildman–Crippen LogP) is 3.56. The van der Waals surface area contributed by atoms with E-state index in [2.05, 4.69) is 17.0 Å². The Balaban J connectivity index is 1.53. The van der Waals surface area contributed by atoms with Crippen LogP contribution in [0, 0.1) is 23.1 Å². The number of carbonyl (C=O) groups excluding carboxylic acids is 1. The molecule has 27 heavy (non-hydrogen) atoms. The average Bonchev–Trinajstić information content (AvgIpc) is 2.68. The maximum Gasteiger partial charge on any atom is 0.167 e. The summed E-state index contributed by atoms with van der Waals surface area (Å²) in [4.78, 5) is 15.5. The summed E-state index contributed by atoms with van der Waals surface area (Å²) in [5, 5.41) is 9.26. The van der Waals surface area contributed by atoms with Gasteiger partial charge in [-0.3, -0.25) is 9.69 Å². The quantitative estimate of drug-likeness (QED) is 0.779. The zero-order chi connectivity index (χ0) is 18.8. The van der Waals surface area contributed by atoms with Gasteiger partial charge in [-0.1, -0.05) is 30.3 Å². The Morgan fingerprint density at radius 3 is 2.52 bits per heavy atom. The zero-order valence-corrected chi connectivity index (χ0v) is 15.0. The third-order valence-electron chi connectivity index (χ3n) is 5.62. The molecule has 2 aromatic carbocycles. The van der Waals surface area contributed by atoms with Crippen LogP contribution in [-0.2, 0) is 11.3 Å². The number of Topliss-reactive ketones (excluding diaryl/α,β-unsaturated/α-hetero) is 1. The number of benzene rings is 2. The van der Waals surface area contributed by atoms with E-state index in [1.807, 2.05) is 24.3 Å². The summed E-state index contributed by atoms with van der Waals surface area (Å²) in [6.07, 6.45) is 1.40. The van der Waals surface area contributed by atoms with Crippen LogP contribution in [0.5, 0.6) is 0 Å². The Morgan fingerprint density at radius 1 is 1.15 bits per heavy atom. The molecule has 138 valence electrons. The molecule has 2 heterocycles. The van der Waals surface area contributed by atoms with Gasteiger partial charge in [0, 0.05) is 30.1 Å². The Morgan fingerprint density at radius 2 is 1.85 bits per heavy atom. The van der Waals surface area contributed by atoms with E-state index in [-0.39, 0.29) is 29.3 Å². The minimum atomic E-state index is -0.494. The van der Waals surface area contributed by atoms with Crippen LogP contribution < -0.4 is 0 Å². The molecule has 2 unspecified atom stereocenters. The first-order chi connectivity index (χ1) is 13.2. The lowest BCUT2D eigenvalue weighted by atomic mass is 9.79. The number of ketones is 1. The molecule has 0 N–H and O–H groups in total. The highest BCUT2D eigenvalue weighted by Crippen LogP contribution is 2.35. The van der Waals surface area contributed by atoms with Crippen molar-refractivity contribution < 1.29 is 13.9 Å². The van der Waals surface area contributed by atoms with Crippen LogP contribution in [0.3, 0.4) is 0 Å². The number of fused-ring (bicyclic) bond motifs is 2. The van der Waals surface area contributed by atoms with Crippen molar-refractivity contribution in [1.82, 2.24) is 4.90 Å². The van der Waals surface area contributed by atoms with Gasteiger partial charge in [0.05, 0.1) is 24.8 Å². The summed E-state index contributed by atoms with van der Waals surface area (Å²) >= 11 is 0. The lowest BCUT2D eigenvalue weighted by molar-refractivity contribution is -0.0872. The molecule has 2 bridgehead atoms. The summed E-state index contributed by atoms with van der Waals surface area (Å²) in [6, 6.07) is 16.5. The van der Waals surface area contributed by atoms with E-state index >= 15 is 0 Å². The van der Waals surface area contributed by atoms with Crippen LogP contribution in [0.15, 0.2) is 48.5 Å². The van der Waals surface area contributed by atoms with E-state index in [1.54, 1.807) is 0 Å². The van der Waals surface area contributed by atoms with Crippen LogP contribution in [-0.4, -0.2) is 36.0 Å². The number of hydrogen-bond donors (Lipinski definition) is 0. The van der Waals surface area contributed by atoms with Crippen LogP contribution in [0.4, 0.5) is 4.39 Å². The third-order valence-corrected chi connectivity index (χ3v) is 5.62. The van der Waals surface area contributed by atoms with Crippen LogP contribution >= 0.6 is 0 Å². The van der Waals surface area contributed by atoms with Crippen LogP contribution in [0.25, 0.3) is 0 Å².